The molecule has 4 N–H and O–H groups in total. The van der Waals surface area contributed by atoms with Crippen molar-refractivity contribution in [3.8, 4) is 17.2 Å². The van der Waals surface area contributed by atoms with Gasteiger partial charge in [-0.1, -0.05) is 34.1 Å². The molecule has 3 aromatic carbocycles. The van der Waals surface area contributed by atoms with Gasteiger partial charge >= 0.3 is 18.0 Å². The average molecular weight is 726 g/mol. The lowest BCUT2D eigenvalue weighted by Crippen LogP contribution is -2.45. The zero-order valence-corrected chi connectivity index (χ0v) is 28.5. The first-order chi connectivity index (χ1) is 23.1. The molecule has 48 heavy (non-hydrogen) atoms. The van der Waals surface area contributed by atoms with Crippen molar-refractivity contribution in [1.82, 2.24) is 16.1 Å². The van der Waals surface area contributed by atoms with E-state index in [2.05, 4.69) is 37.1 Å². The Hall–Kier alpha value is -5.08. The Balaban J connectivity index is 1.38. The van der Waals surface area contributed by atoms with Gasteiger partial charge in [-0.2, -0.15) is 5.10 Å². The smallest absolute Gasteiger partial charge is 0.338 e. The summed E-state index contributed by atoms with van der Waals surface area (Å²) in [6, 6.07) is 16.1. The Morgan fingerprint density at radius 1 is 0.979 bits per heavy atom. The Morgan fingerprint density at radius 3 is 2.44 bits per heavy atom. The fraction of sp³-hybridized carbons (Fsp3) is 0.294. The third-order valence-electron chi connectivity index (χ3n) is 6.93. The largest absolute Gasteiger partial charge is 0.490 e. The number of amides is 2. The number of hydrogen-bond donors (Lipinski definition) is 4. The molecule has 0 spiro atoms. The van der Waals surface area contributed by atoms with E-state index in [0.29, 0.717) is 52.8 Å². The zero-order valence-electron chi connectivity index (χ0n) is 26.9. The van der Waals surface area contributed by atoms with Crippen LogP contribution in [0.5, 0.6) is 17.2 Å². The van der Waals surface area contributed by atoms with Gasteiger partial charge in [0.2, 0.25) is 0 Å². The summed E-state index contributed by atoms with van der Waals surface area (Å²) in [5.74, 6) is 0.282. The number of methoxy groups -OCH3 is 1. The molecular formula is C34H37BrN4O9. The minimum Gasteiger partial charge on any atom is -0.490 e. The molecule has 3 aromatic rings. The van der Waals surface area contributed by atoms with E-state index < -0.39 is 24.3 Å². The number of urea groups is 1. The first kappa shape index (κ1) is 35.8. The molecule has 13 nitrogen and oxygen atoms in total. The van der Waals surface area contributed by atoms with Crippen LogP contribution in [0.25, 0.3) is 0 Å². The van der Waals surface area contributed by atoms with E-state index >= 15 is 0 Å². The van der Waals surface area contributed by atoms with Gasteiger partial charge in [0.05, 0.1) is 43.7 Å². The number of hydrogen-bond acceptors (Lipinski definition) is 11. The number of benzene rings is 3. The number of rotatable bonds is 15. The van der Waals surface area contributed by atoms with Crippen LogP contribution in [0, 0.1) is 0 Å². The standard InChI is InChI=1S/C34H37BrN4O9/c1-5-45-28-16-23(31-30(33(42)44-4)20(3)37-34(43)38-31)11-13-27(28)48-19-29(40)39-36-17-24-15-25(35)12-14-26(24)47-18-21-7-9-22(10-8-21)32(41)46-6-2/h7-17,29,31,39-40H,5-6,18-19H2,1-4H3,(H2,37,38,43)/b36-17+/t29-,31+/m1/s1. The predicted molar refractivity (Wildman–Crippen MR) is 180 cm³/mol. The van der Waals surface area contributed by atoms with Crippen LogP contribution in [0.3, 0.4) is 0 Å². The van der Waals surface area contributed by atoms with Crippen molar-refractivity contribution in [2.75, 3.05) is 26.9 Å². The van der Waals surface area contributed by atoms with Crippen molar-refractivity contribution in [3.63, 3.8) is 0 Å². The molecule has 2 amide bonds. The summed E-state index contributed by atoms with van der Waals surface area (Å²) < 4.78 is 28.3. The van der Waals surface area contributed by atoms with Gasteiger partial charge < -0.3 is 39.4 Å². The molecule has 1 aliphatic heterocycles. The Kier molecular flexibility index (Phi) is 12.8. The summed E-state index contributed by atoms with van der Waals surface area (Å²) in [6.07, 6.45) is 0.319. The molecule has 0 aromatic heterocycles. The monoisotopic (exact) mass is 724 g/mol. The maximum Gasteiger partial charge on any atom is 0.338 e. The van der Waals surface area contributed by atoms with Gasteiger partial charge in [0.15, 0.2) is 17.7 Å². The molecule has 0 fully saturated rings. The van der Waals surface area contributed by atoms with Crippen molar-refractivity contribution in [1.29, 1.82) is 0 Å². The number of carbonyl (C=O) groups is 3. The van der Waals surface area contributed by atoms with Crippen molar-refractivity contribution in [2.24, 2.45) is 5.10 Å². The van der Waals surface area contributed by atoms with Crippen molar-refractivity contribution in [3.05, 3.63) is 98.7 Å². The molecular weight excluding hydrogens is 688 g/mol. The number of hydrazone groups is 1. The van der Waals surface area contributed by atoms with Crippen LogP contribution < -0.4 is 30.3 Å². The molecule has 254 valence electrons. The van der Waals surface area contributed by atoms with Crippen molar-refractivity contribution >= 4 is 40.1 Å². The lowest BCUT2D eigenvalue weighted by Gasteiger charge is -2.28. The summed E-state index contributed by atoms with van der Waals surface area (Å²) in [5.41, 5.74) is 5.81. The van der Waals surface area contributed by atoms with Crippen LogP contribution in [0.2, 0.25) is 0 Å². The normalized spacial score (nSPS) is 14.9. The van der Waals surface area contributed by atoms with E-state index in [1.807, 2.05) is 12.1 Å². The SMILES string of the molecule is CCOC(=O)c1ccc(COc2ccc(Br)cc2/C=N/N[C@H](O)COc2ccc([C@@H]3NC(=O)NC(C)=C3C(=O)OC)cc2OCC)cc1. The molecule has 1 heterocycles. The second kappa shape index (κ2) is 17.2. The fourth-order valence-electron chi connectivity index (χ4n) is 4.68. The maximum absolute atomic E-state index is 12.5. The number of esters is 2. The molecule has 14 heteroatoms. The van der Waals surface area contributed by atoms with Gasteiger partial charge in [-0.15, -0.1) is 0 Å². The number of aliphatic hydroxyl groups excluding tert-OH is 1. The molecule has 0 bridgehead atoms. The Labute approximate surface area is 286 Å². The number of allylic oxidation sites excluding steroid dienone is 1. The lowest BCUT2D eigenvalue weighted by molar-refractivity contribution is -0.136. The van der Waals surface area contributed by atoms with Gasteiger partial charge in [0.1, 0.15) is 19.0 Å². The number of nitrogens with zero attached hydrogens (tertiary/aromatic N) is 1. The summed E-state index contributed by atoms with van der Waals surface area (Å²) in [6.45, 7) is 5.87. The van der Waals surface area contributed by atoms with Crippen LogP contribution in [0.15, 0.2) is 81.5 Å². The van der Waals surface area contributed by atoms with E-state index in [1.165, 1.54) is 13.3 Å². The quantitative estimate of drug-likeness (QED) is 0.0746. The molecule has 0 radical (unpaired) electrons. The third-order valence-corrected chi connectivity index (χ3v) is 7.42. The van der Waals surface area contributed by atoms with Crippen LogP contribution in [-0.4, -0.2) is 62.4 Å². The molecule has 0 unspecified atom stereocenters. The first-order valence-electron chi connectivity index (χ1n) is 15.0. The molecule has 0 aliphatic carbocycles. The fourth-order valence-corrected chi connectivity index (χ4v) is 5.06. The highest BCUT2D eigenvalue weighted by molar-refractivity contribution is 9.10. The summed E-state index contributed by atoms with van der Waals surface area (Å²) in [7, 11) is 1.27. The van der Waals surface area contributed by atoms with Gasteiger partial charge in [-0.25, -0.2) is 14.4 Å². The Bertz CT molecular complexity index is 1680. The van der Waals surface area contributed by atoms with Crippen LogP contribution in [-0.2, 0) is 20.9 Å². The van der Waals surface area contributed by atoms with Gasteiger partial charge in [-0.3, -0.25) is 5.43 Å². The second-order valence-electron chi connectivity index (χ2n) is 10.3. The average Bonchev–Trinajstić information content (AvgIpc) is 3.07. The molecule has 4 rings (SSSR count). The van der Waals surface area contributed by atoms with Crippen LogP contribution in [0.4, 0.5) is 4.79 Å². The van der Waals surface area contributed by atoms with E-state index in [1.54, 1.807) is 69.3 Å². The summed E-state index contributed by atoms with van der Waals surface area (Å²) in [5, 5.41) is 20.0. The van der Waals surface area contributed by atoms with E-state index in [9.17, 15) is 19.5 Å². The van der Waals surface area contributed by atoms with Gasteiger partial charge in [0, 0.05) is 15.7 Å². The number of nitrogens with one attached hydrogen (secondary N) is 3. The number of aliphatic hydroxyl groups is 1. The minimum atomic E-state index is -1.19. The van der Waals surface area contributed by atoms with E-state index in [4.69, 9.17) is 23.7 Å². The van der Waals surface area contributed by atoms with Crippen molar-refractivity contribution < 1.29 is 43.2 Å². The highest BCUT2D eigenvalue weighted by Crippen LogP contribution is 2.35. The third kappa shape index (κ3) is 9.48. The van der Waals surface area contributed by atoms with E-state index in [0.717, 1.165) is 10.0 Å². The summed E-state index contributed by atoms with van der Waals surface area (Å²) >= 11 is 3.46. The number of ether oxygens (including phenoxy) is 5. The molecule has 2 atom stereocenters. The second-order valence-corrected chi connectivity index (χ2v) is 11.2. The van der Waals surface area contributed by atoms with E-state index in [-0.39, 0.29) is 24.8 Å². The van der Waals surface area contributed by atoms with Gasteiger partial charge in [-0.05, 0) is 74.4 Å². The van der Waals surface area contributed by atoms with Crippen LogP contribution >= 0.6 is 15.9 Å². The molecule has 0 saturated heterocycles. The first-order valence-corrected chi connectivity index (χ1v) is 15.8. The van der Waals surface area contributed by atoms with Crippen molar-refractivity contribution in [2.45, 2.75) is 39.6 Å². The highest BCUT2D eigenvalue weighted by atomic mass is 79.9. The minimum absolute atomic E-state index is 0.184. The molecule has 1 aliphatic rings. The van der Waals surface area contributed by atoms with Crippen LogP contribution in [0.1, 0.15) is 53.9 Å². The Morgan fingerprint density at radius 2 is 1.73 bits per heavy atom. The number of carbonyl (C=O) groups excluding carboxylic acids is 3. The topological polar surface area (TPSA) is 166 Å². The molecule has 0 saturated carbocycles. The van der Waals surface area contributed by atoms with Gasteiger partial charge in [0.25, 0.3) is 0 Å². The highest BCUT2D eigenvalue weighted by Gasteiger charge is 2.32. The summed E-state index contributed by atoms with van der Waals surface area (Å²) in [4.78, 5) is 36.6. The lowest BCUT2D eigenvalue weighted by atomic mass is 9.95. The predicted octanol–water partition coefficient (Wildman–Crippen LogP) is 4.73. The number of halogens is 1. The maximum atomic E-state index is 12.5. The zero-order chi connectivity index (χ0) is 34.6.